The number of pyridine rings is 1. The number of nitrogens with one attached hydrogen (secondary N) is 4. The Kier molecular flexibility index (Phi) is 6.45. The molecule has 1 aromatic carbocycles. The highest BCUT2D eigenvalue weighted by Gasteiger charge is 2.42. The third-order valence-electron chi connectivity index (χ3n) is 7.13. The van der Waals surface area contributed by atoms with Crippen LogP contribution < -0.4 is 26.2 Å². The summed E-state index contributed by atoms with van der Waals surface area (Å²) in [7, 11) is 0. The van der Waals surface area contributed by atoms with E-state index in [1.54, 1.807) is 18.3 Å². The Bertz CT molecular complexity index is 875. The molecule has 0 amide bonds. The highest BCUT2D eigenvalue weighted by Crippen LogP contribution is 2.40. The molecule has 3 aliphatic rings. The standard InChI is InChI=1S/C24H32FN5O/c25-20-4-2-1-3-17(20)24-18-13-21(28-15-22(18)29-30-24)19-14-27-11-7-23(19)31-12-8-16-5-9-26-10-6-16/h1-4,7,11,14,16,18,21-22,24,26,28-30H,5-6,8-10,12-13,15H2. The summed E-state index contributed by atoms with van der Waals surface area (Å²) in [4.78, 5) is 4.38. The number of hydrogen-bond acceptors (Lipinski definition) is 6. The fourth-order valence-electron chi connectivity index (χ4n) is 5.34. The van der Waals surface area contributed by atoms with E-state index in [4.69, 9.17) is 4.74 Å². The normalized spacial score (nSPS) is 28.9. The number of piperidine rings is 2. The lowest BCUT2D eigenvalue weighted by Gasteiger charge is -2.35. The van der Waals surface area contributed by atoms with Gasteiger partial charge >= 0.3 is 0 Å². The molecule has 0 spiro atoms. The van der Waals surface area contributed by atoms with Gasteiger partial charge in [-0.05, 0) is 62.7 Å². The van der Waals surface area contributed by atoms with Crippen molar-refractivity contribution in [3.05, 3.63) is 59.7 Å². The van der Waals surface area contributed by atoms with Crippen LogP contribution in [-0.2, 0) is 0 Å². The molecule has 4 heterocycles. The van der Waals surface area contributed by atoms with Crippen LogP contribution in [0.4, 0.5) is 4.39 Å². The number of nitrogens with zero attached hydrogens (tertiary/aromatic N) is 1. The maximum atomic E-state index is 14.5. The number of hydrogen-bond donors (Lipinski definition) is 4. The Morgan fingerprint density at radius 3 is 2.81 bits per heavy atom. The SMILES string of the molecule is Fc1ccccc1C1NNC2CNC(c3cnccc3OCCC3CCNCC3)CC21. The van der Waals surface area contributed by atoms with E-state index in [1.807, 2.05) is 24.4 Å². The fraction of sp³-hybridized carbons (Fsp3) is 0.542. The van der Waals surface area contributed by atoms with E-state index in [0.717, 1.165) is 61.9 Å². The fourth-order valence-corrected chi connectivity index (χ4v) is 5.34. The number of aromatic nitrogens is 1. The number of rotatable bonds is 6. The number of hydrazine groups is 1. The minimum absolute atomic E-state index is 0.0447. The third kappa shape index (κ3) is 4.60. The van der Waals surface area contributed by atoms with E-state index in [0.29, 0.717) is 0 Å². The first-order chi connectivity index (χ1) is 15.3. The van der Waals surface area contributed by atoms with E-state index in [1.165, 1.54) is 12.8 Å². The van der Waals surface area contributed by atoms with Crippen molar-refractivity contribution in [1.82, 2.24) is 26.5 Å². The molecule has 1 aromatic heterocycles. The first kappa shape index (κ1) is 20.8. The predicted octanol–water partition coefficient (Wildman–Crippen LogP) is 2.86. The Labute approximate surface area is 183 Å². The van der Waals surface area contributed by atoms with Gasteiger partial charge in [0, 0.05) is 42.1 Å². The van der Waals surface area contributed by atoms with Crippen LogP contribution in [-0.4, -0.2) is 37.3 Å². The number of ether oxygens (including phenoxy) is 1. The summed E-state index contributed by atoms with van der Waals surface area (Å²) in [6.45, 7) is 3.79. The lowest BCUT2D eigenvalue weighted by Crippen LogP contribution is -2.46. The van der Waals surface area contributed by atoms with Crippen LogP contribution in [0.25, 0.3) is 0 Å². The second-order valence-corrected chi connectivity index (χ2v) is 9.00. The van der Waals surface area contributed by atoms with E-state index < -0.39 is 0 Å². The van der Waals surface area contributed by atoms with Crippen LogP contribution in [0.3, 0.4) is 0 Å². The zero-order valence-electron chi connectivity index (χ0n) is 17.8. The van der Waals surface area contributed by atoms with E-state index in [9.17, 15) is 4.39 Å². The minimum Gasteiger partial charge on any atom is -0.493 e. The molecular formula is C24H32FN5O. The van der Waals surface area contributed by atoms with E-state index in [2.05, 4.69) is 26.5 Å². The Hall–Kier alpha value is -2.06. The molecular weight excluding hydrogens is 393 g/mol. The number of fused-ring (bicyclic) bond motifs is 1. The first-order valence-corrected chi connectivity index (χ1v) is 11.6. The molecule has 0 radical (unpaired) electrons. The topological polar surface area (TPSA) is 70.2 Å². The average molecular weight is 426 g/mol. The van der Waals surface area contributed by atoms with Crippen molar-refractivity contribution in [3.8, 4) is 5.75 Å². The Balaban J connectivity index is 1.27. The van der Waals surface area contributed by atoms with Gasteiger partial charge in [-0.1, -0.05) is 18.2 Å². The molecule has 0 bridgehead atoms. The largest absolute Gasteiger partial charge is 0.493 e. The molecule has 0 saturated carbocycles. The van der Waals surface area contributed by atoms with Crippen molar-refractivity contribution in [1.29, 1.82) is 0 Å². The monoisotopic (exact) mass is 425 g/mol. The van der Waals surface area contributed by atoms with Gasteiger partial charge in [0.05, 0.1) is 12.6 Å². The van der Waals surface area contributed by atoms with Gasteiger partial charge in [-0.3, -0.25) is 10.4 Å². The number of halogens is 1. The summed E-state index contributed by atoms with van der Waals surface area (Å²) in [5.74, 6) is 1.80. The van der Waals surface area contributed by atoms with Gasteiger partial charge in [-0.2, -0.15) is 0 Å². The zero-order chi connectivity index (χ0) is 21.0. The van der Waals surface area contributed by atoms with Gasteiger partial charge in [-0.25, -0.2) is 9.82 Å². The van der Waals surface area contributed by atoms with Crippen LogP contribution in [0.1, 0.15) is 48.9 Å². The molecule has 3 aliphatic heterocycles. The summed E-state index contributed by atoms with van der Waals surface area (Å²) in [5.41, 5.74) is 8.52. The van der Waals surface area contributed by atoms with Gasteiger partial charge in [0.1, 0.15) is 11.6 Å². The third-order valence-corrected chi connectivity index (χ3v) is 7.13. The van der Waals surface area contributed by atoms with Crippen molar-refractivity contribution in [2.24, 2.45) is 11.8 Å². The van der Waals surface area contributed by atoms with E-state index >= 15 is 0 Å². The van der Waals surface area contributed by atoms with Gasteiger partial charge < -0.3 is 15.4 Å². The molecule has 3 saturated heterocycles. The van der Waals surface area contributed by atoms with Crippen molar-refractivity contribution in [2.45, 2.75) is 43.8 Å². The summed E-state index contributed by atoms with van der Waals surface area (Å²) in [6.07, 6.45) is 8.17. The highest BCUT2D eigenvalue weighted by atomic mass is 19.1. The molecule has 31 heavy (non-hydrogen) atoms. The first-order valence-electron chi connectivity index (χ1n) is 11.6. The summed E-state index contributed by atoms with van der Waals surface area (Å²) in [6, 6.07) is 9.41. The van der Waals surface area contributed by atoms with Crippen molar-refractivity contribution < 1.29 is 9.13 Å². The molecule has 6 nitrogen and oxygen atoms in total. The molecule has 0 aliphatic carbocycles. The molecule has 3 fully saturated rings. The van der Waals surface area contributed by atoms with Crippen LogP contribution in [0, 0.1) is 17.7 Å². The average Bonchev–Trinajstić information content (AvgIpc) is 3.23. The Morgan fingerprint density at radius 1 is 1.06 bits per heavy atom. The van der Waals surface area contributed by atoms with Crippen molar-refractivity contribution in [2.75, 3.05) is 26.2 Å². The van der Waals surface area contributed by atoms with E-state index in [-0.39, 0.29) is 29.9 Å². The van der Waals surface area contributed by atoms with Gasteiger partial charge in [0.15, 0.2) is 0 Å². The molecule has 4 N–H and O–H groups in total. The summed E-state index contributed by atoms with van der Waals surface area (Å²) < 4.78 is 20.7. The molecule has 7 heteroatoms. The molecule has 4 atom stereocenters. The molecule has 4 unspecified atom stereocenters. The minimum atomic E-state index is -0.152. The zero-order valence-corrected chi connectivity index (χ0v) is 17.8. The van der Waals surface area contributed by atoms with Gasteiger partial charge in [0.2, 0.25) is 0 Å². The van der Waals surface area contributed by atoms with Crippen LogP contribution in [0.15, 0.2) is 42.7 Å². The van der Waals surface area contributed by atoms with Gasteiger partial charge in [0.25, 0.3) is 0 Å². The predicted molar refractivity (Wildman–Crippen MR) is 118 cm³/mol. The summed E-state index contributed by atoms with van der Waals surface area (Å²) in [5, 5.41) is 7.07. The lowest BCUT2D eigenvalue weighted by atomic mass is 9.80. The molecule has 2 aromatic rings. The molecule has 5 rings (SSSR count). The maximum absolute atomic E-state index is 14.5. The second kappa shape index (κ2) is 9.61. The number of benzene rings is 1. The molecule has 166 valence electrons. The van der Waals surface area contributed by atoms with Crippen LogP contribution >= 0.6 is 0 Å². The summed E-state index contributed by atoms with van der Waals surface area (Å²) >= 11 is 0. The second-order valence-electron chi connectivity index (χ2n) is 9.00. The van der Waals surface area contributed by atoms with Crippen LogP contribution in [0.5, 0.6) is 5.75 Å². The van der Waals surface area contributed by atoms with Gasteiger partial charge in [-0.15, -0.1) is 0 Å². The highest BCUT2D eigenvalue weighted by molar-refractivity contribution is 5.34. The Morgan fingerprint density at radius 2 is 1.94 bits per heavy atom. The lowest BCUT2D eigenvalue weighted by molar-refractivity contribution is 0.236. The van der Waals surface area contributed by atoms with Crippen molar-refractivity contribution in [3.63, 3.8) is 0 Å². The quantitative estimate of drug-likeness (QED) is 0.571. The van der Waals surface area contributed by atoms with Crippen molar-refractivity contribution >= 4 is 0 Å². The van der Waals surface area contributed by atoms with Crippen LogP contribution in [0.2, 0.25) is 0 Å². The maximum Gasteiger partial charge on any atom is 0.128 e. The smallest absolute Gasteiger partial charge is 0.128 e.